The number of anilines is 3. The SMILES string of the molecule is CN(C)CCc1cnc(Nc2ccc(F)cc2)nc1N. The van der Waals surface area contributed by atoms with Crippen LogP contribution in [0.25, 0.3) is 0 Å². The van der Waals surface area contributed by atoms with Gasteiger partial charge in [-0.3, -0.25) is 0 Å². The number of hydrogen-bond donors (Lipinski definition) is 2. The third-order valence-corrected chi connectivity index (χ3v) is 2.83. The standard InChI is InChI=1S/C14H18FN5/c1-20(2)8-7-10-9-17-14(19-13(10)16)18-12-5-3-11(15)4-6-12/h3-6,9H,7-8H2,1-2H3,(H3,16,17,18,19). The van der Waals surface area contributed by atoms with E-state index in [0.29, 0.717) is 17.5 Å². The molecule has 1 aromatic heterocycles. The van der Waals surface area contributed by atoms with E-state index in [-0.39, 0.29) is 5.82 Å². The monoisotopic (exact) mass is 275 g/mol. The summed E-state index contributed by atoms with van der Waals surface area (Å²) in [5.74, 6) is 0.587. The molecule has 0 amide bonds. The van der Waals surface area contributed by atoms with Crippen LogP contribution < -0.4 is 11.1 Å². The van der Waals surface area contributed by atoms with Gasteiger partial charge in [0.25, 0.3) is 0 Å². The number of likely N-dealkylation sites (N-methyl/N-ethyl adjacent to an activating group) is 1. The summed E-state index contributed by atoms with van der Waals surface area (Å²) in [6.07, 6.45) is 2.52. The highest BCUT2D eigenvalue weighted by Gasteiger charge is 2.05. The first-order chi connectivity index (χ1) is 9.54. The van der Waals surface area contributed by atoms with Crippen molar-refractivity contribution in [2.24, 2.45) is 0 Å². The fourth-order valence-electron chi connectivity index (χ4n) is 1.68. The third-order valence-electron chi connectivity index (χ3n) is 2.83. The summed E-state index contributed by atoms with van der Waals surface area (Å²) >= 11 is 0. The first kappa shape index (κ1) is 14.2. The zero-order valence-corrected chi connectivity index (χ0v) is 11.6. The molecular formula is C14H18FN5. The normalized spacial score (nSPS) is 10.8. The second-order valence-corrected chi connectivity index (χ2v) is 4.79. The van der Waals surface area contributed by atoms with Crippen LogP contribution in [-0.4, -0.2) is 35.5 Å². The summed E-state index contributed by atoms with van der Waals surface area (Å²) in [6, 6.07) is 5.98. The van der Waals surface area contributed by atoms with Gasteiger partial charge in [0.1, 0.15) is 11.6 Å². The molecule has 2 aromatic rings. The molecule has 0 aliphatic carbocycles. The molecule has 0 atom stereocenters. The first-order valence-corrected chi connectivity index (χ1v) is 6.33. The average Bonchev–Trinajstić information content (AvgIpc) is 2.40. The predicted molar refractivity (Wildman–Crippen MR) is 78.4 cm³/mol. The fourth-order valence-corrected chi connectivity index (χ4v) is 1.68. The van der Waals surface area contributed by atoms with Gasteiger partial charge in [0.05, 0.1) is 0 Å². The van der Waals surface area contributed by atoms with E-state index in [4.69, 9.17) is 5.73 Å². The van der Waals surface area contributed by atoms with Gasteiger partial charge < -0.3 is 16.0 Å². The summed E-state index contributed by atoms with van der Waals surface area (Å²) in [6.45, 7) is 0.887. The van der Waals surface area contributed by atoms with E-state index >= 15 is 0 Å². The Balaban J connectivity index is 2.06. The largest absolute Gasteiger partial charge is 0.383 e. The second kappa shape index (κ2) is 6.29. The van der Waals surface area contributed by atoms with Gasteiger partial charge in [0.15, 0.2) is 0 Å². The topological polar surface area (TPSA) is 67.1 Å². The predicted octanol–water partition coefficient (Wildman–Crippen LogP) is 2.05. The van der Waals surface area contributed by atoms with Gasteiger partial charge in [-0.1, -0.05) is 0 Å². The molecule has 0 aliphatic rings. The zero-order chi connectivity index (χ0) is 14.5. The number of hydrogen-bond acceptors (Lipinski definition) is 5. The summed E-state index contributed by atoms with van der Waals surface area (Å²) in [5.41, 5.74) is 7.55. The minimum Gasteiger partial charge on any atom is -0.383 e. The van der Waals surface area contributed by atoms with Crippen LogP contribution in [0.3, 0.4) is 0 Å². The maximum Gasteiger partial charge on any atom is 0.229 e. The quantitative estimate of drug-likeness (QED) is 0.874. The Hall–Kier alpha value is -2.21. The molecule has 5 nitrogen and oxygen atoms in total. The van der Waals surface area contributed by atoms with Crippen LogP contribution in [0, 0.1) is 5.82 Å². The molecule has 1 aromatic carbocycles. The lowest BCUT2D eigenvalue weighted by molar-refractivity contribution is 0.413. The Morgan fingerprint density at radius 3 is 2.55 bits per heavy atom. The number of benzene rings is 1. The van der Waals surface area contributed by atoms with E-state index in [1.165, 1.54) is 12.1 Å². The molecule has 0 spiro atoms. The molecule has 0 fully saturated rings. The molecule has 6 heteroatoms. The zero-order valence-electron chi connectivity index (χ0n) is 11.6. The van der Waals surface area contributed by atoms with E-state index in [0.717, 1.165) is 18.5 Å². The van der Waals surface area contributed by atoms with Crippen molar-refractivity contribution in [2.45, 2.75) is 6.42 Å². The highest BCUT2D eigenvalue weighted by molar-refractivity contribution is 5.55. The van der Waals surface area contributed by atoms with Crippen molar-refractivity contribution in [3.63, 3.8) is 0 Å². The van der Waals surface area contributed by atoms with Crippen molar-refractivity contribution in [3.8, 4) is 0 Å². The minimum absolute atomic E-state index is 0.282. The minimum atomic E-state index is -0.282. The highest BCUT2D eigenvalue weighted by atomic mass is 19.1. The molecule has 0 bridgehead atoms. The maximum atomic E-state index is 12.8. The molecule has 20 heavy (non-hydrogen) atoms. The molecule has 0 saturated heterocycles. The Morgan fingerprint density at radius 1 is 1.25 bits per heavy atom. The van der Waals surface area contributed by atoms with Crippen molar-refractivity contribution in [1.29, 1.82) is 0 Å². The number of aromatic nitrogens is 2. The van der Waals surface area contributed by atoms with Gasteiger partial charge in [0.2, 0.25) is 5.95 Å². The third kappa shape index (κ3) is 3.89. The summed E-state index contributed by atoms with van der Waals surface area (Å²) in [4.78, 5) is 10.5. The van der Waals surface area contributed by atoms with Crippen LogP contribution >= 0.6 is 0 Å². The Labute approximate surface area is 117 Å². The van der Waals surface area contributed by atoms with Gasteiger partial charge in [-0.05, 0) is 44.8 Å². The van der Waals surface area contributed by atoms with E-state index in [9.17, 15) is 4.39 Å². The lowest BCUT2D eigenvalue weighted by Crippen LogP contribution is -2.16. The van der Waals surface area contributed by atoms with Crippen LogP contribution in [0.1, 0.15) is 5.56 Å². The van der Waals surface area contributed by atoms with Crippen LogP contribution in [0.4, 0.5) is 21.8 Å². The molecule has 2 rings (SSSR count). The lowest BCUT2D eigenvalue weighted by Gasteiger charge is -2.11. The van der Waals surface area contributed by atoms with E-state index in [2.05, 4.69) is 20.2 Å². The number of halogens is 1. The summed E-state index contributed by atoms with van der Waals surface area (Å²) in [5, 5.41) is 2.98. The number of nitrogen functional groups attached to an aromatic ring is 1. The van der Waals surface area contributed by atoms with Crippen molar-refractivity contribution >= 4 is 17.5 Å². The Bertz CT molecular complexity index is 568. The van der Waals surface area contributed by atoms with Crippen LogP contribution in [0.15, 0.2) is 30.5 Å². The first-order valence-electron chi connectivity index (χ1n) is 6.33. The van der Waals surface area contributed by atoms with Gasteiger partial charge in [0, 0.05) is 24.0 Å². The molecule has 0 radical (unpaired) electrons. The molecular weight excluding hydrogens is 257 g/mol. The molecule has 0 aliphatic heterocycles. The molecule has 3 N–H and O–H groups in total. The van der Waals surface area contributed by atoms with Crippen LogP contribution in [0.2, 0.25) is 0 Å². The average molecular weight is 275 g/mol. The second-order valence-electron chi connectivity index (χ2n) is 4.79. The van der Waals surface area contributed by atoms with Crippen molar-refractivity contribution in [3.05, 3.63) is 41.8 Å². The van der Waals surface area contributed by atoms with Crippen molar-refractivity contribution in [2.75, 3.05) is 31.7 Å². The molecule has 0 unspecified atom stereocenters. The molecule has 106 valence electrons. The smallest absolute Gasteiger partial charge is 0.229 e. The summed E-state index contributed by atoms with van der Waals surface area (Å²) in [7, 11) is 4.00. The van der Waals surface area contributed by atoms with E-state index in [1.54, 1.807) is 18.3 Å². The molecule has 1 heterocycles. The van der Waals surface area contributed by atoms with Crippen molar-refractivity contribution < 1.29 is 4.39 Å². The van der Waals surface area contributed by atoms with E-state index < -0.39 is 0 Å². The number of rotatable bonds is 5. The number of nitrogens with zero attached hydrogens (tertiary/aromatic N) is 3. The lowest BCUT2D eigenvalue weighted by atomic mass is 10.2. The molecule has 0 saturated carbocycles. The van der Waals surface area contributed by atoms with Crippen molar-refractivity contribution in [1.82, 2.24) is 14.9 Å². The van der Waals surface area contributed by atoms with Crippen LogP contribution in [-0.2, 0) is 6.42 Å². The summed E-state index contributed by atoms with van der Waals surface area (Å²) < 4.78 is 12.8. The number of nitrogens with one attached hydrogen (secondary N) is 1. The maximum absolute atomic E-state index is 12.8. The van der Waals surface area contributed by atoms with E-state index in [1.807, 2.05) is 14.1 Å². The Kier molecular flexibility index (Phi) is 4.47. The highest BCUT2D eigenvalue weighted by Crippen LogP contribution is 2.16. The van der Waals surface area contributed by atoms with Gasteiger partial charge >= 0.3 is 0 Å². The van der Waals surface area contributed by atoms with Gasteiger partial charge in [-0.15, -0.1) is 0 Å². The van der Waals surface area contributed by atoms with Gasteiger partial charge in [-0.25, -0.2) is 9.37 Å². The van der Waals surface area contributed by atoms with Gasteiger partial charge in [-0.2, -0.15) is 4.98 Å². The van der Waals surface area contributed by atoms with Crippen LogP contribution in [0.5, 0.6) is 0 Å². The fraction of sp³-hybridized carbons (Fsp3) is 0.286. The Morgan fingerprint density at radius 2 is 1.95 bits per heavy atom. The number of nitrogens with two attached hydrogens (primary N) is 1.